The van der Waals surface area contributed by atoms with Gasteiger partial charge in [-0.2, -0.15) is 10.5 Å². The molecule has 0 radical (unpaired) electrons. The summed E-state index contributed by atoms with van der Waals surface area (Å²) < 4.78 is 0. The Morgan fingerprint density at radius 3 is 2.25 bits per heavy atom. The highest BCUT2D eigenvalue weighted by Gasteiger charge is 2.20. The van der Waals surface area contributed by atoms with Crippen LogP contribution in [0.15, 0.2) is 29.3 Å². The van der Waals surface area contributed by atoms with Gasteiger partial charge in [-0.15, -0.1) is 11.8 Å². The Balaban J connectivity index is 2.68. The summed E-state index contributed by atoms with van der Waals surface area (Å²) in [6.45, 7) is 6.32. The molecule has 1 heterocycles. The minimum atomic E-state index is 0.179. The molecule has 0 spiro atoms. The Kier molecular flexibility index (Phi) is 5.84. The zero-order chi connectivity index (χ0) is 17.7. The molecule has 4 nitrogen and oxygen atoms in total. The van der Waals surface area contributed by atoms with Crippen LogP contribution in [0.4, 0.5) is 5.82 Å². The van der Waals surface area contributed by atoms with Crippen molar-refractivity contribution in [2.24, 2.45) is 0 Å². The lowest BCUT2D eigenvalue weighted by molar-refractivity contribution is 0.867. The summed E-state index contributed by atoms with van der Waals surface area (Å²) in [5.41, 5.74) is 9.29. The van der Waals surface area contributed by atoms with Crippen LogP contribution in [0.25, 0.3) is 11.1 Å². The highest BCUT2D eigenvalue weighted by Crippen LogP contribution is 2.36. The molecule has 0 unspecified atom stereocenters. The molecular formula is C19H20N4S. The largest absolute Gasteiger partial charge is 0.383 e. The monoisotopic (exact) mass is 336 g/mol. The van der Waals surface area contributed by atoms with Crippen molar-refractivity contribution in [2.75, 3.05) is 11.5 Å². The summed E-state index contributed by atoms with van der Waals surface area (Å²) in [5, 5.41) is 19.8. The quantitative estimate of drug-likeness (QED) is 0.800. The lowest BCUT2D eigenvalue weighted by Gasteiger charge is -2.13. The van der Waals surface area contributed by atoms with Crippen molar-refractivity contribution >= 4 is 17.6 Å². The Hall–Kier alpha value is -2.50. The number of thioether (sulfide) groups is 1. The molecule has 2 aromatic rings. The lowest BCUT2D eigenvalue weighted by atomic mass is 9.94. The third-order valence-corrected chi connectivity index (χ3v) is 4.91. The molecule has 1 aromatic heterocycles. The predicted molar refractivity (Wildman–Crippen MR) is 98.6 cm³/mol. The van der Waals surface area contributed by atoms with Gasteiger partial charge in [0.15, 0.2) is 0 Å². The molecule has 0 fully saturated rings. The maximum absolute atomic E-state index is 9.66. The van der Waals surface area contributed by atoms with Gasteiger partial charge in [-0.05, 0) is 29.2 Å². The van der Waals surface area contributed by atoms with Crippen molar-refractivity contribution in [2.45, 2.75) is 38.1 Å². The van der Waals surface area contributed by atoms with E-state index in [2.05, 4.69) is 37.9 Å². The maximum atomic E-state index is 9.66. The summed E-state index contributed by atoms with van der Waals surface area (Å²) in [6.07, 6.45) is 0.968. The molecule has 0 aliphatic rings. The molecule has 122 valence electrons. The summed E-state index contributed by atoms with van der Waals surface area (Å²) >= 11 is 1.50. The topological polar surface area (TPSA) is 86.5 Å². The predicted octanol–water partition coefficient (Wildman–Crippen LogP) is 4.70. The summed E-state index contributed by atoms with van der Waals surface area (Å²) in [5.74, 6) is 1.44. The number of pyridine rings is 1. The molecule has 0 atom stereocenters. The molecule has 0 bridgehead atoms. The second-order valence-electron chi connectivity index (χ2n) is 5.78. The van der Waals surface area contributed by atoms with E-state index in [1.54, 1.807) is 0 Å². The second-order valence-corrected chi connectivity index (χ2v) is 6.86. The van der Waals surface area contributed by atoms with E-state index in [9.17, 15) is 10.5 Å². The maximum Gasteiger partial charge on any atom is 0.143 e. The number of hydrogen-bond acceptors (Lipinski definition) is 5. The lowest BCUT2D eigenvalue weighted by Crippen LogP contribution is -2.03. The fourth-order valence-electron chi connectivity index (χ4n) is 2.42. The van der Waals surface area contributed by atoms with Crippen molar-refractivity contribution in [1.82, 2.24) is 4.98 Å². The first kappa shape index (κ1) is 17.8. The first-order valence-electron chi connectivity index (χ1n) is 7.90. The number of nitrogens with two attached hydrogens (primary N) is 1. The van der Waals surface area contributed by atoms with Gasteiger partial charge < -0.3 is 5.73 Å². The van der Waals surface area contributed by atoms with Gasteiger partial charge in [-0.25, -0.2) is 4.98 Å². The van der Waals surface area contributed by atoms with Crippen LogP contribution in [0.1, 0.15) is 49.8 Å². The number of benzene rings is 1. The van der Waals surface area contributed by atoms with Gasteiger partial charge in [0.05, 0.1) is 5.56 Å². The number of anilines is 1. The van der Waals surface area contributed by atoms with Crippen molar-refractivity contribution in [1.29, 1.82) is 10.5 Å². The summed E-state index contributed by atoms with van der Waals surface area (Å²) in [6, 6.07) is 12.3. The van der Waals surface area contributed by atoms with Crippen LogP contribution in [0, 0.1) is 22.7 Å². The molecule has 24 heavy (non-hydrogen) atoms. The zero-order valence-electron chi connectivity index (χ0n) is 14.1. The van der Waals surface area contributed by atoms with Crippen LogP contribution in [-0.2, 0) is 0 Å². The number of hydrogen-bond donors (Lipinski definition) is 1. The average Bonchev–Trinajstić information content (AvgIpc) is 2.59. The molecule has 0 aliphatic heterocycles. The summed E-state index contributed by atoms with van der Waals surface area (Å²) in [4.78, 5) is 4.28. The van der Waals surface area contributed by atoms with Gasteiger partial charge in [0, 0.05) is 5.56 Å². The third-order valence-electron chi connectivity index (χ3n) is 3.72. The van der Waals surface area contributed by atoms with E-state index in [1.807, 2.05) is 24.3 Å². The van der Waals surface area contributed by atoms with Crippen molar-refractivity contribution in [3.63, 3.8) is 0 Å². The minimum absolute atomic E-state index is 0.179. The van der Waals surface area contributed by atoms with Gasteiger partial charge in [0.2, 0.25) is 0 Å². The van der Waals surface area contributed by atoms with Crippen LogP contribution < -0.4 is 5.73 Å². The van der Waals surface area contributed by atoms with E-state index >= 15 is 0 Å². The van der Waals surface area contributed by atoms with E-state index in [-0.39, 0.29) is 11.4 Å². The van der Waals surface area contributed by atoms with Crippen molar-refractivity contribution in [3.8, 4) is 23.3 Å². The molecule has 0 saturated carbocycles. The first-order valence-corrected chi connectivity index (χ1v) is 8.88. The Morgan fingerprint density at radius 1 is 1.12 bits per heavy atom. The number of nitriles is 2. The van der Waals surface area contributed by atoms with Crippen LogP contribution in [0.5, 0.6) is 0 Å². The fraction of sp³-hybridized carbons (Fsp3) is 0.316. The van der Waals surface area contributed by atoms with E-state index in [0.29, 0.717) is 22.1 Å². The molecule has 0 amide bonds. The van der Waals surface area contributed by atoms with E-state index in [1.165, 1.54) is 17.3 Å². The van der Waals surface area contributed by atoms with Gasteiger partial charge in [-0.1, -0.05) is 45.0 Å². The molecule has 1 aromatic carbocycles. The first-order chi connectivity index (χ1) is 11.5. The third kappa shape index (κ3) is 3.53. The molecule has 2 rings (SSSR count). The molecule has 2 N–H and O–H groups in total. The fourth-order valence-corrected chi connectivity index (χ4v) is 3.28. The molecular weight excluding hydrogens is 316 g/mol. The van der Waals surface area contributed by atoms with Crippen LogP contribution >= 0.6 is 11.8 Å². The Bertz CT molecular complexity index is 811. The van der Waals surface area contributed by atoms with Crippen LogP contribution in [0.3, 0.4) is 0 Å². The van der Waals surface area contributed by atoms with E-state index in [0.717, 1.165) is 17.7 Å². The molecule has 0 saturated heterocycles. The minimum Gasteiger partial charge on any atom is -0.383 e. The smallest absolute Gasteiger partial charge is 0.143 e. The molecule has 0 aliphatic carbocycles. The number of nitrogens with zero attached hydrogens (tertiary/aromatic N) is 3. The SMILES string of the molecule is CCCSc1nc(N)c(C#N)c(-c2ccc(C(C)C)cc2)c1C#N. The van der Waals surface area contributed by atoms with Gasteiger partial charge >= 0.3 is 0 Å². The van der Waals surface area contributed by atoms with Crippen molar-refractivity contribution in [3.05, 3.63) is 41.0 Å². The van der Waals surface area contributed by atoms with Crippen LogP contribution in [-0.4, -0.2) is 10.7 Å². The normalized spacial score (nSPS) is 10.4. The van der Waals surface area contributed by atoms with Crippen molar-refractivity contribution < 1.29 is 0 Å². The second kappa shape index (κ2) is 7.86. The van der Waals surface area contributed by atoms with E-state index in [4.69, 9.17) is 5.73 Å². The average molecular weight is 336 g/mol. The highest BCUT2D eigenvalue weighted by molar-refractivity contribution is 7.99. The van der Waals surface area contributed by atoms with Gasteiger partial charge in [0.1, 0.15) is 28.5 Å². The standard InChI is InChI=1S/C19H20N4S/c1-4-9-24-19-16(11-21)17(15(10-20)18(22)23-19)14-7-5-13(6-8-14)12(2)3/h5-8,12H,4,9H2,1-3H3,(H2,22,23). The Morgan fingerprint density at radius 2 is 1.75 bits per heavy atom. The summed E-state index contributed by atoms with van der Waals surface area (Å²) in [7, 11) is 0. The van der Waals surface area contributed by atoms with Crippen LogP contribution in [0.2, 0.25) is 0 Å². The number of nitrogen functional groups attached to an aromatic ring is 1. The zero-order valence-corrected chi connectivity index (χ0v) is 14.9. The van der Waals surface area contributed by atoms with Gasteiger partial charge in [0.25, 0.3) is 0 Å². The van der Waals surface area contributed by atoms with E-state index < -0.39 is 0 Å². The van der Waals surface area contributed by atoms with Gasteiger partial charge in [-0.3, -0.25) is 0 Å². The molecule has 5 heteroatoms. The Labute approximate surface area is 147 Å². The number of aromatic nitrogens is 1. The highest BCUT2D eigenvalue weighted by atomic mass is 32.2. The number of rotatable bonds is 5.